The summed E-state index contributed by atoms with van der Waals surface area (Å²) in [7, 11) is -10.5. The number of fused-ring (bicyclic) bond motifs is 1. The molecule has 0 aliphatic carbocycles. The zero-order valence-corrected chi connectivity index (χ0v) is 27.8. The molecular formula is C16H9AsN2Na3O11S2-. The monoisotopic (exact) mass is 613 g/mol. The molecule has 0 aromatic heterocycles. The Morgan fingerprint density at radius 2 is 1.40 bits per heavy atom. The van der Waals surface area contributed by atoms with Crippen LogP contribution in [0.1, 0.15) is 0 Å². The minimum atomic E-state index is -5.99. The van der Waals surface area contributed by atoms with E-state index in [2.05, 4.69) is 10.2 Å². The maximum atomic E-state index is 11.7. The van der Waals surface area contributed by atoms with Crippen molar-refractivity contribution >= 4 is 60.9 Å². The minimum absolute atomic E-state index is 0. The van der Waals surface area contributed by atoms with Gasteiger partial charge < -0.3 is 0 Å². The Morgan fingerprint density at radius 3 is 1.91 bits per heavy atom. The van der Waals surface area contributed by atoms with Crippen molar-refractivity contribution in [2.45, 2.75) is 9.79 Å². The number of hydrogen-bond donors (Lipinski definition) is 2. The summed E-state index contributed by atoms with van der Waals surface area (Å²) in [6.45, 7) is 0. The Labute approximate surface area is 268 Å². The van der Waals surface area contributed by atoms with E-state index in [4.69, 9.17) is 0 Å². The first-order valence-corrected chi connectivity index (χ1v) is 14.1. The molecule has 0 fully saturated rings. The molecule has 0 radical (unpaired) electrons. The van der Waals surface area contributed by atoms with Gasteiger partial charge in [0.1, 0.15) is 0 Å². The Kier molecular flexibility index (Phi) is 12.9. The summed E-state index contributed by atoms with van der Waals surface area (Å²) in [6.07, 6.45) is 0. The molecule has 35 heavy (non-hydrogen) atoms. The molecule has 0 saturated carbocycles. The van der Waals surface area contributed by atoms with Gasteiger partial charge in [-0.25, -0.2) is 0 Å². The standard InChI is InChI=1S/C16H13AsN2O11S2.3Na/c20-12-7-9(31(25,26)27)5-8-6-13(32(28,29)30)15(16(21)14(8)12)19-18-11-4-2-1-3-10(11)17(22,23)24;;;/h1-7,20-21H,(H2,22,23,24)(H,25,26,27)(H,28,29,30);;;/q;3*+1/p-4. The van der Waals surface area contributed by atoms with Gasteiger partial charge in [0, 0.05) is 0 Å². The first kappa shape index (κ1) is 35.2. The average Bonchev–Trinajstić information content (AvgIpc) is 2.64. The van der Waals surface area contributed by atoms with Crippen LogP contribution in [0.3, 0.4) is 0 Å². The quantitative estimate of drug-likeness (QED) is 0.155. The van der Waals surface area contributed by atoms with Gasteiger partial charge in [-0.1, -0.05) is 0 Å². The first-order valence-electron chi connectivity index (χ1n) is 8.08. The number of hydrogen-bond acceptors (Lipinski definition) is 13. The fraction of sp³-hybridized carbons (Fsp3) is 0. The summed E-state index contributed by atoms with van der Waals surface area (Å²) < 4.78 is 102. The predicted octanol–water partition coefficient (Wildman–Crippen LogP) is -10.2. The van der Waals surface area contributed by atoms with Gasteiger partial charge in [0.2, 0.25) is 0 Å². The van der Waals surface area contributed by atoms with Crippen molar-refractivity contribution in [3.63, 3.8) is 0 Å². The van der Waals surface area contributed by atoms with E-state index in [1.807, 2.05) is 0 Å². The van der Waals surface area contributed by atoms with Crippen LogP contribution in [0.5, 0.6) is 11.5 Å². The van der Waals surface area contributed by atoms with Gasteiger partial charge in [0.25, 0.3) is 0 Å². The maximum Gasteiger partial charge on any atom is 1.00 e. The maximum absolute atomic E-state index is 11.7. The van der Waals surface area contributed by atoms with Crippen LogP contribution >= 0.6 is 0 Å². The Balaban J connectivity index is 0.00000385. The zero-order valence-electron chi connectivity index (χ0n) is 18.3. The molecule has 0 amide bonds. The van der Waals surface area contributed by atoms with Crippen LogP contribution < -0.4 is 101 Å². The van der Waals surface area contributed by atoms with Crippen molar-refractivity contribution in [1.82, 2.24) is 0 Å². The third kappa shape index (κ3) is 8.10. The van der Waals surface area contributed by atoms with Crippen LogP contribution in [0.15, 0.2) is 62.5 Å². The average molecular weight is 613 g/mol. The molecule has 3 rings (SSSR count). The van der Waals surface area contributed by atoms with Gasteiger partial charge in [-0.2, -0.15) is 0 Å². The number of benzene rings is 3. The molecule has 0 atom stereocenters. The van der Waals surface area contributed by atoms with E-state index < -0.39 is 82.2 Å². The Bertz CT molecular complexity index is 1560. The van der Waals surface area contributed by atoms with E-state index >= 15 is 0 Å². The van der Waals surface area contributed by atoms with Crippen LogP contribution in [0, 0.1) is 0 Å². The number of rotatable bonds is 5. The molecule has 3 aromatic rings. The second kappa shape index (κ2) is 12.8. The molecule has 19 heteroatoms. The van der Waals surface area contributed by atoms with Gasteiger partial charge >= 0.3 is 272 Å². The zero-order chi connectivity index (χ0) is 24.1. The van der Waals surface area contributed by atoms with Gasteiger partial charge in [0.05, 0.1) is 0 Å². The van der Waals surface area contributed by atoms with Crippen molar-refractivity contribution in [3.05, 3.63) is 42.5 Å². The third-order valence-electron chi connectivity index (χ3n) is 4.10. The number of phenolic OH excluding ortho intramolecular Hbond substituents is 2. The van der Waals surface area contributed by atoms with Gasteiger partial charge in [0.15, 0.2) is 0 Å². The van der Waals surface area contributed by atoms with Crippen molar-refractivity contribution in [2.75, 3.05) is 0 Å². The van der Waals surface area contributed by atoms with Crippen molar-refractivity contribution in [1.29, 1.82) is 0 Å². The second-order valence-electron chi connectivity index (χ2n) is 6.21. The van der Waals surface area contributed by atoms with Gasteiger partial charge in [-0.3, -0.25) is 0 Å². The van der Waals surface area contributed by atoms with Crippen molar-refractivity contribution in [3.8, 4) is 11.5 Å². The van der Waals surface area contributed by atoms with Crippen LogP contribution in [0.25, 0.3) is 10.8 Å². The second-order valence-corrected chi connectivity index (χ2v) is 12.0. The molecule has 0 saturated heterocycles. The molecule has 0 spiro atoms. The number of phenols is 2. The normalized spacial score (nSPS) is 12.0. The SMILES string of the molecule is O=S(=O)([O-])c1cc(O)c2c(O)c(N=Nc3ccccc3[As](=O)([O-])[O-])c(S(=O)(=O)[O-])cc2c1.[Na+].[Na+].[Na+]. The molecule has 2 N–H and O–H groups in total. The third-order valence-corrected chi connectivity index (χ3v) is 7.79. The fourth-order valence-corrected chi connectivity index (χ4v) is 5.33. The number of aromatic hydroxyl groups is 2. The summed E-state index contributed by atoms with van der Waals surface area (Å²) in [5.41, 5.74) is -1.53. The summed E-state index contributed by atoms with van der Waals surface area (Å²) >= 11 is -5.99. The molecule has 3 aromatic carbocycles. The summed E-state index contributed by atoms with van der Waals surface area (Å²) in [6, 6.07) is 6.13. The first-order chi connectivity index (χ1) is 14.6. The molecule has 0 heterocycles. The largest absolute Gasteiger partial charge is 1.00 e. The molecule has 0 bridgehead atoms. The van der Waals surface area contributed by atoms with E-state index in [0.29, 0.717) is 18.2 Å². The van der Waals surface area contributed by atoms with Crippen LogP contribution in [0.4, 0.5) is 11.4 Å². The van der Waals surface area contributed by atoms with Gasteiger partial charge in [-0.05, 0) is 0 Å². The van der Waals surface area contributed by atoms with E-state index in [1.165, 1.54) is 12.1 Å². The van der Waals surface area contributed by atoms with E-state index in [-0.39, 0.29) is 88.7 Å². The number of nitrogens with zero attached hydrogens (tertiary/aromatic N) is 2. The Hall–Kier alpha value is 0.218. The molecule has 0 unspecified atom stereocenters. The molecule has 13 nitrogen and oxygen atoms in total. The van der Waals surface area contributed by atoms with Crippen molar-refractivity contribution in [2.24, 2.45) is 10.2 Å². The van der Waals surface area contributed by atoms with Crippen LogP contribution in [-0.4, -0.2) is 50.3 Å². The fourth-order valence-electron chi connectivity index (χ4n) is 2.75. The topological polar surface area (TPSA) is 243 Å². The van der Waals surface area contributed by atoms with E-state index in [9.17, 15) is 48.1 Å². The van der Waals surface area contributed by atoms with E-state index in [1.54, 1.807) is 0 Å². The number of azo groups is 1. The molecule has 170 valence electrons. The molecule has 0 aliphatic rings. The summed E-state index contributed by atoms with van der Waals surface area (Å²) in [5.74, 6) is -2.10. The minimum Gasteiger partial charge on any atom is 1.00 e. The summed E-state index contributed by atoms with van der Waals surface area (Å²) in [4.78, 5) is -2.19. The van der Waals surface area contributed by atoms with Crippen molar-refractivity contribution < 1.29 is 137 Å². The Morgan fingerprint density at radius 1 is 0.829 bits per heavy atom. The van der Waals surface area contributed by atoms with Crippen LogP contribution in [0.2, 0.25) is 0 Å². The molecule has 0 aliphatic heterocycles. The van der Waals surface area contributed by atoms with Crippen LogP contribution in [-0.2, 0) is 24.0 Å². The van der Waals surface area contributed by atoms with E-state index in [0.717, 1.165) is 12.1 Å². The van der Waals surface area contributed by atoms with Gasteiger partial charge in [-0.15, -0.1) is 0 Å². The summed E-state index contributed by atoms with van der Waals surface area (Å²) in [5, 5.41) is 26.3. The smallest absolute Gasteiger partial charge is 1.00 e. The molecular weight excluding hydrogens is 604 g/mol. The predicted molar refractivity (Wildman–Crippen MR) is 99.9 cm³/mol.